The maximum Gasteiger partial charge on any atom is 0.330 e. The zero-order valence-electron chi connectivity index (χ0n) is 12.7. The van der Waals surface area contributed by atoms with Crippen molar-refractivity contribution in [3.63, 3.8) is 0 Å². The molecule has 1 aromatic heterocycles. The number of carbonyl (C=O) groups excluding carboxylic acids is 1. The Bertz CT molecular complexity index is 668. The fourth-order valence-electron chi connectivity index (χ4n) is 2.07. The van der Waals surface area contributed by atoms with Gasteiger partial charge >= 0.3 is 5.97 Å². The van der Waals surface area contributed by atoms with E-state index in [1.807, 2.05) is 62.3 Å². The monoisotopic (exact) mass is 285 g/mol. The van der Waals surface area contributed by atoms with Gasteiger partial charge in [-0.3, -0.25) is 0 Å². The largest absolute Gasteiger partial charge is 0.466 e. The molecule has 0 bridgehead atoms. The molecule has 4 nitrogen and oxygen atoms in total. The normalized spacial score (nSPS) is 11.3. The summed E-state index contributed by atoms with van der Waals surface area (Å²) in [5.74, 6) is 1.04. The molecule has 0 aliphatic carbocycles. The number of para-hydroxylation sites is 1. The second kappa shape index (κ2) is 6.31. The van der Waals surface area contributed by atoms with Gasteiger partial charge in [0, 0.05) is 31.4 Å². The lowest BCUT2D eigenvalue weighted by Gasteiger charge is -2.15. The number of methoxy groups -OCH3 is 1. The summed E-state index contributed by atoms with van der Waals surface area (Å²) in [6.45, 7) is 1.82. The van der Waals surface area contributed by atoms with Gasteiger partial charge in [-0.1, -0.05) is 12.1 Å². The fraction of sp³-hybridized carbons (Fsp3) is 0.235. The van der Waals surface area contributed by atoms with Crippen molar-refractivity contribution in [2.45, 2.75) is 6.92 Å². The van der Waals surface area contributed by atoms with E-state index in [1.165, 1.54) is 13.2 Å². The quantitative estimate of drug-likeness (QED) is 0.636. The van der Waals surface area contributed by atoms with E-state index >= 15 is 0 Å². The van der Waals surface area contributed by atoms with Crippen LogP contribution in [0.2, 0.25) is 0 Å². The molecule has 110 valence electrons. The Morgan fingerprint density at radius 3 is 2.57 bits per heavy atom. The summed E-state index contributed by atoms with van der Waals surface area (Å²) in [6.07, 6.45) is 1.42. The Morgan fingerprint density at radius 2 is 1.90 bits per heavy atom. The van der Waals surface area contributed by atoms with Crippen LogP contribution in [0.4, 0.5) is 5.69 Å². The van der Waals surface area contributed by atoms with Gasteiger partial charge in [0.1, 0.15) is 11.5 Å². The highest BCUT2D eigenvalue weighted by Crippen LogP contribution is 2.32. The molecule has 1 aromatic carbocycles. The van der Waals surface area contributed by atoms with E-state index < -0.39 is 0 Å². The summed E-state index contributed by atoms with van der Waals surface area (Å²) in [5, 5.41) is 0. The van der Waals surface area contributed by atoms with Crippen LogP contribution in [0.15, 0.2) is 46.9 Å². The van der Waals surface area contributed by atoms with Gasteiger partial charge in [-0.25, -0.2) is 4.79 Å². The third-order valence-corrected chi connectivity index (χ3v) is 3.18. The van der Waals surface area contributed by atoms with Crippen molar-refractivity contribution in [2.75, 3.05) is 26.1 Å². The van der Waals surface area contributed by atoms with Crippen LogP contribution in [0.25, 0.3) is 16.9 Å². The van der Waals surface area contributed by atoms with Crippen LogP contribution >= 0.6 is 0 Å². The molecule has 0 spiro atoms. The van der Waals surface area contributed by atoms with E-state index in [0.717, 1.165) is 22.6 Å². The molecule has 0 saturated heterocycles. The first-order chi connectivity index (χ1) is 10.0. The molecule has 0 atom stereocenters. The number of rotatable bonds is 4. The van der Waals surface area contributed by atoms with Crippen molar-refractivity contribution in [1.29, 1.82) is 0 Å². The van der Waals surface area contributed by atoms with Gasteiger partial charge in [0.15, 0.2) is 0 Å². The van der Waals surface area contributed by atoms with Crippen LogP contribution in [0.5, 0.6) is 0 Å². The van der Waals surface area contributed by atoms with Crippen LogP contribution in [0.1, 0.15) is 12.7 Å². The molecule has 0 N–H and O–H groups in total. The van der Waals surface area contributed by atoms with E-state index in [0.29, 0.717) is 5.76 Å². The van der Waals surface area contributed by atoms with E-state index in [2.05, 4.69) is 4.74 Å². The van der Waals surface area contributed by atoms with Gasteiger partial charge in [0.25, 0.3) is 0 Å². The lowest BCUT2D eigenvalue weighted by atomic mass is 10.1. The summed E-state index contributed by atoms with van der Waals surface area (Å²) >= 11 is 0. The highest BCUT2D eigenvalue weighted by atomic mass is 16.5. The molecular weight excluding hydrogens is 266 g/mol. The number of furan rings is 1. The molecule has 0 fully saturated rings. The summed E-state index contributed by atoms with van der Waals surface area (Å²) in [7, 11) is 5.34. The average Bonchev–Trinajstić information content (AvgIpc) is 2.96. The van der Waals surface area contributed by atoms with Gasteiger partial charge in [-0.15, -0.1) is 0 Å². The van der Waals surface area contributed by atoms with Crippen LogP contribution < -0.4 is 4.90 Å². The number of hydrogen-bond donors (Lipinski definition) is 0. The van der Waals surface area contributed by atoms with Crippen molar-refractivity contribution < 1.29 is 13.9 Å². The Hall–Kier alpha value is -2.49. The Kier molecular flexibility index (Phi) is 4.48. The van der Waals surface area contributed by atoms with Gasteiger partial charge in [0.05, 0.1) is 7.11 Å². The molecule has 0 radical (unpaired) electrons. The van der Waals surface area contributed by atoms with E-state index in [9.17, 15) is 4.79 Å². The number of anilines is 1. The van der Waals surface area contributed by atoms with Crippen molar-refractivity contribution in [2.24, 2.45) is 0 Å². The van der Waals surface area contributed by atoms with Gasteiger partial charge in [0.2, 0.25) is 0 Å². The number of carbonyl (C=O) groups is 1. The summed E-state index contributed by atoms with van der Waals surface area (Å²) in [6, 6.07) is 11.8. The first-order valence-electron chi connectivity index (χ1n) is 6.66. The molecule has 0 unspecified atom stereocenters. The van der Waals surface area contributed by atoms with Crippen molar-refractivity contribution in [3.05, 3.63) is 48.2 Å². The number of hydrogen-bond acceptors (Lipinski definition) is 4. The number of ether oxygens (including phenoxy) is 1. The molecule has 0 amide bonds. The molecule has 1 heterocycles. The van der Waals surface area contributed by atoms with Gasteiger partial charge in [-0.2, -0.15) is 0 Å². The number of esters is 1. The minimum Gasteiger partial charge on any atom is -0.466 e. The predicted octanol–water partition coefficient (Wildman–Crippen LogP) is 3.59. The van der Waals surface area contributed by atoms with Crippen LogP contribution in [0, 0.1) is 0 Å². The van der Waals surface area contributed by atoms with Crippen molar-refractivity contribution in [1.82, 2.24) is 0 Å². The molecule has 4 heteroatoms. The Morgan fingerprint density at radius 1 is 1.19 bits per heavy atom. The minimum absolute atomic E-state index is 0.390. The maximum atomic E-state index is 11.3. The maximum absolute atomic E-state index is 11.3. The first kappa shape index (κ1) is 14.9. The lowest BCUT2D eigenvalue weighted by Crippen LogP contribution is -2.09. The molecule has 2 aromatic rings. The molecular formula is C17H19NO3. The topological polar surface area (TPSA) is 42.7 Å². The Labute approximate surface area is 124 Å². The summed E-state index contributed by atoms with van der Waals surface area (Å²) < 4.78 is 10.5. The average molecular weight is 285 g/mol. The van der Waals surface area contributed by atoms with Gasteiger partial charge < -0.3 is 14.1 Å². The molecule has 0 saturated carbocycles. The van der Waals surface area contributed by atoms with E-state index in [4.69, 9.17) is 4.42 Å². The molecule has 0 aliphatic heterocycles. The van der Waals surface area contributed by atoms with Crippen LogP contribution in [-0.4, -0.2) is 27.2 Å². The third-order valence-electron chi connectivity index (χ3n) is 3.18. The van der Waals surface area contributed by atoms with Crippen LogP contribution in [-0.2, 0) is 9.53 Å². The van der Waals surface area contributed by atoms with E-state index in [-0.39, 0.29) is 5.97 Å². The zero-order valence-corrected chi connectivity index (χ0v) is 12.7. The fourth-order valence-corrected chi connectivity index (χ4v) is 2.07. The zero-order chi connectivity index (χ0) is 15.4. The summed E-state index contributed by atoms with van der Waals surface area (Å²) in [5.41, 5.74) is 2.82. The standard InChI is InChI=1S/C17H19NO3/c1-12(11-17(19)20-4)15-9-10-16(21-15)13-7-5-6-8-14(13)18(2)3/h5-11H,1-4H3/b12-11+. The smallest absolute Gasteiger partial charge is 0.330 e. The minimum atomic E-state index is -0.390. The molecule has 21 heavy (non-hydrogen) atoms. The molecule has 2 rings (SSSR count). The van der Waals surface area contributed by atoms with Gasteiger partial charge in [-0.05, 0) is 36.8 Å². The predicted molar refractivity (Wildman–Crippen MR) is 84.1 cm³/mol. The van der Waals surface area contributed by atoms with E-state index in [1.54, 1.807) is 0 Å². The lowest BCUT2D eigenvalue weighted by molar-refractivity contribution is -0.134. The number of allylic oxidation sites excluding steroid dienone is 1. The summed E-state index contributed by atoms with van der Waals surface area (Å²) in [4.78, 5) is 13.3. The SMILES string of the molecule is COC(=O)/C=C(\C)c1ccc(-c2ccccc2N(C)C)o1. The number of nitrogens with zero attached hydrogens (tertiary/aromatic N) is 1. The second-order valence-corrected chi connectivity index (χ2v) is 4.93. The highest BCUT2D eigenvalue weighted by Gasteiger charge is 2.11. The van der Waals surface area contributed by atoms with Crippen LogP contribution in [0.3, 0.4) is 0 Å². The second-order valence-electron chi connectivity index (χ2n) is 4.93. The third kappa shape index (κ3) is 3.34. The van der Waals surface area contributed by atoms with Crippen molar-refractivity contribution in [3.8, 4) is 11.3 Å². The first-order valence-corrected chi connectivity index (χ1v) is 6.66. The Balaban J connectivity index is 2.37. The molecule has 0 aliphatic rings. The highest BCUT2D eigenvalue weighted by molar-refractivity contribution is 5.90. The van der Waals surface area contributed by atoms with Crippen molar-refractivity contribution >= 4 is 17.2 Å². The number of benzene rings is 1.